The lowest BCUT2D eigenvalue weighted by Crippen LogP contribution is -2.40. The number of benzene rings is 1. The van der Waals surface area contributed by atoms with Crippen molar-refractivity contribution in [2.24, 2.45) is 0 Å². The average molecular weight is 285 g/mol. The third kappa shape index (κ3) is 2.29. The monoisotopic (exact) mass is 285 g/mol. The quantitative estimate of drug-likeness (QED) is 0.524. The van der Waals surface area contributed by atoms with Crippen LogP contribution in [0, 0.1) is 0 Å². The molecule has 19 heavy (non-hydrogen) atoms. The van der Waals surface area contributed by atoms with E-state index in [0.29, 0.717) is 16.5 Å². The molecule has 0 fully saturated rings. The van der Waals surface area contributed by atoms with Gasteiger partial charge in [-0.15, -0.1) is 0 Å². The fraction of sp³-hybridized carbons (Fsp3) is 0.182. The second-order valence-corrected chi connectivity index (χ2v) is 6.03. The smallest absolute Gasteiger partial charge is 0.368 e. The summed E-state index contributed by atoms with van der Waals surface area (Å²) in [5, 5.41) is 16.1. The maximum atomic E-state index is 11.2. The summed E-state index contributed by atoms with van der Waals surface area (Å²) in [6, 6.07) is 6.87. The van der Waals surface area contributed by atoms with E-state index in [9.17, 15) is 14.5 Å². The molecule has 0 aliphatic heterocycles. The van der Waals surface area contributed by atoms with E-state index in [0.717, 1.165) is 0 Å². The van der Waals surface area contributed by atoms with Gasteiger partial charge in [-0.2, -0.15) is 0 Å². The number of hydrogen-bond donors (Lipinski definition) is 5. The van der Waals surface area contributed by atoms with Crippen LogP contribution in [0.4, 0.5) is 0 Å². The number of aromatic nitrogens is 1. The van der Waals surface area contributed by atoms with Gasteiger partial charge in [-0.1, -0.05) is 18.2 Å². The first-order valence-corrected chi connectivity index (χ1v) is 6.93. The van der Waals surface area contributed by atoms with Crippen molar-refractivity contribution in [3.63, 3.8) is 0 Å². The standard InChI is InChI=1S/C11H12NO6P/c13-10(14)11(15,19(16,17)18)5-7-6-12-9-4-2-1-3-8(7)9/h1-4,6,12,15H,5H2,(H,13,14)(H2,16,17,18)/t11-/m1/s1. The van der Waals surface area contributed by atoms with Crippen LogP contribution < -0.4 is 0 Å². The molecule has 102 valence electrons. The van der Waals surface area contributed by atoms with E-state index in [1.54, 1.807) is 24.3 Å². The molecule has 0 saturated carbocycles. The first kappa shape index (κ1) is 13.8. The summed E-state index contributed by atoms with van der Waals surface area (Å²) in [6.45, 7) is 0. The Morgan fingerprint density at radius 1 is 1.32 bits per heavy atom. The molecule has 0 aliphatic rings. The van der Waals surface area contributed by atoms with Gasteiger partial charge in [0, 0.05) is 23.5 Å². The van der Waals surface area contributed by atoms with Gasteiger partial charge in [0.15, 0.2) is 0 Å². The summed E-state index contributed by atoms with van der Waals surface area (Å²) in [5.74, 6) is -1.95. The number of H-pyrrole nitrogens is 1. The molecule has 1 heterocycles. The Morgan fingerprint density at radius 3 is 2.53 bits per heavy atom. The molecule has 0 aliphatic carbocycles. The van der Waals surface area contributed by atoms with Crippen molar-refractivity contribution in [1.29, 1.82) is 0 Å². The molecule has 0 saturated heterocycles. The largest absolute Gasteiger partial charge is 0.479 e. The predicted molar refractivity (Wildman–Crippen MR) is 66.6 cm³/mol. The van der Waals surface area contributed by atoms with Crippen molar-refractivity contribution in [2.75, 3.05) is 0 Å². The number of aliphatic carboxylic acids is 1. The lowest BCUT2D eigenvalue weighted by molar-refractivity contribution is -0.151. The van der Waals surface area contributed by atoms with Gasteiger partial charge in [0.05, 0.1) is 0 Å². The van der Waals surface area contributed by atoms with Crippen LogP contribution in [-0.4, -0.2) is 36.3 Å². The number of aliphatic hydroxyl groups is 1. The lowest BCUT2D eigenvalue weighted by Gasteiger charge is -2.23. The van der Waals surface area contributed by atoms with Crippen molar-refractivity contribution < 1.29 is 29.4 Å². The SMILES string of the molecule is O=C(O)[C@@](O)(Cc1c[nH]c2ccccc12)P(=O)(O)O. The number of para-hydroxylation sites is 1. The molecular weight excluding hydrogens is 273 g/mol. The Morgan fingerprint density at radius 2 is 1.95 bits per heavy atom. The predicted octanol–water partition coefficient (Wildman–Crippen LogP) is 0.661. The number of nitrogens with one attached hydrogen (secondary N) is 1. The second-order valence-electron chi connectivity index (χ2n) is 4.20. The highest BCUT2D eigenvalue weighted by Gasteiger charge is 2.53. The van der Waals surface area contributed by atoms with Crippen molar-refractivity contribution in [3.05, 3.63) is 36.0 Å². The van der Waals surface area contributed by atoms with Crippen LogP contribution in [0.1, 0.15) is 5.56 Å². The zero-order valence-electron chi connectivity index (χ0n) is 9.65. The van der Waals surface area contributed by atoms with E-state index in [4.69, 9.17) is 14.9 Å². The van der Waals surface area contributed by atoms with Crippen LogP contribution in [0.2, 0.25) is 0 Å². The first-order chi connectivity index (χ1) is 8.75. The van der Waals surface area contributed by atoms with Gasteiger partial charge in [-0.25, -0.2) is 4.79 Å². The summed E-state index contributed by atoms with van der Waals surface area (Å²) in [6.07, 6.45) is 0.741. The second kappa shape index (κ2) is 4.47. The molecule has 1 aromatic carbocycles. The van der Waals surface area contributed by atoms with Gasteiger partial charge in [0.2, 0.25) is 0 Å². The maximum Gasteiger partial charge on any atom is 0.368 e. The number of carboxylic acids is 1. The number of hydrogen-bond acceptors (Lipinski definition) is 3. The highest BCUT2D eigenvalue weighted by Crippen LogP contribution is 2.51. The van der Waals surface area contributed by atoms with Gasteiger partial charge in [-0.05, 0) is 11.6 Å². The van der Waals surface area contributed by atoms with Gasteiger partial charge < -0.3 is 25.0 Å². The molecule has 8 heteroatoms. The van der Waals surface area contributed by atoms with Crippen LogP contribution in [0.5, 0.6) is 0 Å². The average Bonchev–Trinajstić information content (AvgIpc) is 2.71. The molecule has 1 aromatic heterocycles. The normalized spacial score (nSPS) is 15.3. The highest BCUT2D eigenvalue weighted by molar-refractivity contribution is 7.54. The van der Waals surface area contributed by atoms with Gasteiger partial charge in [-0.3, -0.25) is 4.57 Å². The minimum Gasteiger partial charge on any atom is -0.479 e. The fourth-order valence-corrected chi connectivity index (χ4v) is 2.47. The summed E-state index contributed by atoms with van der Waals surface area (Å²) in [5.41, 5.74) is 1.01. The van der Waals surface area contributed by atoms with Gasteiger partial charge in [0.25, 0.3) is 5.34 Å². The van der Waals surface area contributed by atoms with Crippen molar-refractivity contribution in [2.45, 2.75) is 11.8 Å². The van der Waals surface area contributed by atoms with E-state index in [-0.39, 0.29) is 0 Å². The minimum absolute atomic E-state index is 0.323. The number of rotatable bonds is 4. The Hall–Kier alpha value is -1.66. The van der Waals surface area contributed by atoms with Gasteiger partial charge >= 0.3 is 13.6 Å². The first-order valence-electron chi connectivity index (χ1n) is 5.32. The summed E-state index contributed by atoms with van der Waals surface area (Å²) >= 11 is 0. The van der Waals surface area contributed by atoms with Crippen molar-refractivity contribution in [1.82, 2.24) is 4.98 Å². The van der Waals surface area contributed by atoms with E-state index in [1.807, 2.05) is 0 Å². The number of carboxylic acid groups (broad SMARTS) is 1. The number of fused-ring (bicyclic) bond motifs is 1. The summed E-state index contributed by atoms with van der Waals surface area (Å²) in [4.78, 5) is 31.9. The minimum atomic E-state index is -5.22. The third-order valence-electron chi connectivity index (χ3n) is 2.94. The summed E-state index contributed by atoms with van der Waals surface area (Å²) < 4.78 is 11.2. The van der Waals surface area contributed by atoms with Crippen LogP contribution in [-0.2, 0) is 15.8 Å². The molecule has 0 unspecified atom stereocenters. The Bertz CT molecular complexity index is 675. The molecule has 2 aromatic rings. The lowest BCUT2D eigenvalue weighted by atomic mass is 10.1. The number of carbonyl (C=O) groups is 1. The molecule has 7 nitrogen and oxygen atoms in total. The molecule has 2 rings (SSSR count). The van der Waals surface area contributed by atoms with Crippen LogP contribution in [0.25, 0.3) is 10.9 Å². The summed E-state index contributed by atoms with van der Waals surface area (Å²) in [7, 11) is -5.22. The number of aromatic amines is 1. The molecule has 1 atom stereocenters. The molecule has 0 bridgehead atoms. The molecule has 0 radical (unpaired) electrons. The molecule has 0 amide bonds. The Balaban J connectivity index is 2.49. The topological polar surface area (TPSA) is 131 Å². The Labute approximate surface area is 107 Å². The van der Waals surface area contributed by atoms with Gasteiger partial charge in [0.1, 0.15) is 0 Å². The van der Waals surface area contributed by atoms with E-state index in [2.05, 4.69) is 4.98 Å². The maximum absolute atomic E-state index is 11.2. The fourth-order valence-electron chi connectivity index (χ4n) is 1.85. The molecule has 0 spiro atoms. The highest BCUT2D eigenvalue weighted by atomic mass is 31.2. The van der Waals surface area contributed by atoms with Crippen molar-refractivity contribution in [3.8, 4) is 0 Å². The van der Waals surface area contributed by atoms with Crippen LogP contribution in [0.3, 0.4) is 0 Å². The zero-order valence-corrected chi connectivity index (χ0v) is 10.5. The van der Waals surface area contributed by atoms with E-state index < -0.39 is 25.3 Å². The molecular formula is C11H12NO6P. The zero-order chi connectivity index (χ0) is 14.3. The van der Waals surface area contributed by atoms with Crippen molar-refractivity contribution >= 4 is 24.5 Å². The van der Waals surface area contributed by atoms with E-state index in [1.165, 1.54) is 6.20 Å². The van der Waals surface area contributed by atoms with Crippen LogP contribution in [0.15, 0.2) is 30.5 Å². The molecule has 5 N–H and O–H groups in total. The van der Waals surface area contributed by atoms with E-state index >= 15 is 0 Å². The van der Waals surface area contributed by atoms with Crippen LogP contribution >= 0.6 is 7.60 Å². The third-order valence-corrected chi connectivity index (χ3v) is 4.25. The Kier molecular flexibility index (Phi) is 3.24.